The summed E-state index contributed by atoms with van der Waals surface area (Å²) in [5.41, 5.74) is 5.80. The van der Waals surface area contributed by atoms with E-state index in [1.54, 1.807) is 13.0 Å². The molecule has 5 nitrogen and oxygen atoms in total. The highest BCUT2D eigenvalue weighted by Crippen LogP contribution is 2.57. The zero-order valence-electron chi connectivity index (χ0n) is 20.3. The van der Waals surface area contributed by atoms with Gasteiger partial charge in [-0.05, 0) is 67.5 Å². The molecule has 5 rings (SSSR count). The molecule has 178 valence electrons. The van der Waals surface area contributed by atoms with E-state index in [0.717, 1.165) is 35.1 Å². The molecule has 0 aromatic heterocycles. The van der Waals surface area contributed by atoms with Crippen LogP contribution in [-0.4, -0.2) is 36.4 Å². The van der Waals surface area contributed by atoms with Gasteiger partial charge in [0.25, 0.3) is 0 Å². The number of hydrogen-bond donors (Lipinski definition) is 0. The van der Waals surface area contributed by atoms with E-state index in [2.05, 4.69) is 32.9 Å². The third-order valence-electron chi connectivity index (χ3n) is 7.95. The highest BCUT2D eigenvalue weighted by Gasteiger charge is 2.66. The van der Waals surface area contributed by atoms with Crippen LogP contribution in [-0.2, 0) is 31.9 Å². The van der Waals surface area contributed by atoms with Gasteiger partial charge < -0.3 is 9.47 Å². The molecule has 34 heavy (non-hydrogen) atoms. The minimum atomic E-state index is -0.681. The molecule has 0 amide bonds. The molecule has 2 aliphatic heterocycles. The lowest BCUT2D eigenvalue weighted by molar-refractivity contribution is -0.127. The van der Waals surface area contributed by atoms with Gasteiger partial charge in [-0.1, -0.05) is 43.7 Å². The minimum Gasteiger partial charge on any atom is -0.462 e. The van der Waals surface area contributed by atoms with Crippen molar-refractivity contribution >= 4 is 17.5 Å². The molecule has 2 saturated heterocycles. The van der Waals surface area contributed by atoms with Crippen LogP contribution in [0.5, 0.6) is 0 Å². The lowest BCUT2D eigenvalue weighted by atomic mass is 9.73. The molecule has 2 bridgehead atoms. The largest absolute Gasteiger partial charge is 0.462 e. The molecule has 0 N–H and O–H groups in total. The molecule has 0 radical (unpaired) electrons. The van der Waals surface area contributed by atoms with Crippen LogP contribution in [0.25, 0.3) is 0 Å². The van der Waals surface area contributed by atoms with Gasteiger partial charge in [-0.3, -0.25) is 9.59 Å². The second-order valence-electron chi connectivity index (χ2n) is 9.82. The SMILES string of the molecule is CCOC(=O)c1cccc([C@@H]2C[C@@H]3O[C@H]2[C@H]2C(=O)C(c4c(CC)cc(C)cc4CC)C(=O)[C@H]23)c1. The molecule has 0 spiro atoms. The first-order valence-corrected chi connectivity index (χ1v) is 12.5. The van der Waals surface area contributed by atoms with E-state index in [9.17, 15) is 14.4 Å². The predicted octanol–water partition coefficient (Wildman–Crippen LogP) is 4.72. The molecular formula is C29H32O5. The number of carbonyl (C=O) groups is 3. The Labute approximate surface area is 200 Å². The van der Waals surface area contributed by atoms with Crippen LogP contribution in [0.1, 0.15) is 77.2 Å². The molecule has 3 aliphatic rings. The van der Waals surface area contributed by atoms with Crippen LogP contribution in [0.2, 0.25) is 0 Å². The number of ether oxygens (including phenoxy) is 2. The Kier molecular flexibility index (Phi) is 5.93. The molecule has 3 fully saturated rings. The maximum atomic E-state index is 13.9. The Bertz CT molecular complexity index is 1140. The average Bonchev–Trinajstić information content (AvgIpc) is 3.50. The van der Waals surface area contributed by atoms with Gasteiger partial charge in [0, 0.05) is 5.92 Å². The van der Waals surface area contributed by atoms with Crippen LogP contribution in [0, 0.1) is 18.8 Å². The second-order valence-corrected chi connectivity index (χ2v) is 9.82. The number of aryl methyl sites for hydroxylation is 3. The summed E-state index contributed by atoms with van der Waals surface area (Å²) in [6.45, 7) is 8.34. The zero-order chi connectivity index (χ0) is 24.1. The molecule has 2 heterocycles. The Morgan fingerprint density at radius 1 is 1.00 bits per heavy atom. The van der Waals surface area contributed by atoms with E-state index in [0.29, 0.717) is 18.6 Å². The van der Waals surface area contributed by atoms with Gasteiger partial charge in [-0.15, -0.1) is 0 Å². The maximum Gasteiger partial charge on any atom is 0.338 e. The summed E-state index contributed by atoms with van der Waals surface area (Å²) in [5.74, 6) is -1.76. The van der Waals surface area contributed by atoms with Crippen LogP contribution >= 0.6 is 0 Å². The van der Waals surface area contributed by atoms with Crippen LogP contribution in [0.3, 0.4) is 0 Å². The van der Waals surface area contributed by atoms with Crippen molar-refractivity contribution in [1.29, 1.82) is 0 Å². The van der Waals surface area contributed by atoms with Gasteiger partial charge in [0.15, 0.2) is 11.6 Å². The Morgan fingerprint density at radius 3 is 2.32 bits per heavy atom. The molecule has 1 unspecified atom stereocenters. The first kappa shape index (κ1) is 23.0. The number of Topliss-reactive ketones (excluding diaryl/α,β-unsaturated/α-hetero) is 2. The quantitative estimate of drug-likeness (QED) is 0.461. The van der Waals surface area contributed by atoms with Crippen molar-refractivity contribution in [2.45, 2.75) is 71.0 Å². The van der Waals surface area contributed by atoms with Gasteiger partial charge in [0.05, 0.1) is 36.2 Å². The average molecular weight is 461 g/mol. The fourth-order valence-electron chi connectivity index (χ4n) is 6.59. The van der Waals surface area contributed by atoms with Crippen LogP contribution in [0.15, 0.2) is 36.4 Å². The number of benzene rings is 2. The lowest BCUT2D eigenvalue weighted by Gasteiger charge is -2.26. The van der Waals surface area contributed by atoms with Crippen molar-refractivity contribution in [3.8, 4) is 0 Å². The fraction of sp³-hybridized carbons (Fsp3) is 0.483. The first-order valence-electron chi connectivity index (χ1n) is 12.5. The number of esters is 1. The normalized spacial score (nSPS) is 29.5. The standard InChI is InChI=1S/C29H32O5/c1-5-16-11-15(4)12-17(6-2)22(16)24-26(30)23-21-14-20(28(34-21)25(23)27(24)31)18-9-8-10-19(13-18)29(32)33-7-3/h8-13,20-21,23-25,28H,5-7,14H2,1-4H3/t20-,21-,23-,24?,25+,28+/m0/s1. The summed E-state index contributed by atoms with van der Waals surface area (Å²) in [6.07, 6.45) is 1.72. The molecule has 1 saturated carbocycles. The topological polar surface area (TPSA) is 69.7 Å². The predicted molar refractivity (Wildman–Crippen MR) is 128 cm³/mol. The molecule has 1 aliphatic carbocycles. The summed E-state index contributed by atoms with van der Waals surface area (Å²) in [4.78, 5) is 39.8. The molecule has 5 heteroatoms. The Morgan fingerprint density at radius 2 is 1.68 bits per heavy atom. The molecule has 2 aromatic carbocycles. The third kappa shape index (κ3) is 3.44. The maximum absolute atomic E-state index is 13.9. The van der Waals surface area contributed by atoms with Gasteiger partial charge in [-0.25, -0.2) is 4.79 Å². The van der Waals surface area contributed by atoms with E-state index in [1.807, 2.05) is 18.2 Å². The van der Waals surface area contributed by atoms with Crippen molar-refractivity contribution in [3.05, 3.63) is 69.8 Å². The van der Waals surface area contributed by atoms with Crippen molar-refractivity contribution in [3.63, 3.8) is 0 Å². The van der Waals surface area contributed by atoms with Crippen molar-refractivity contribution in [2.75, 3.05) is 6.61 Å². The molecular weight excluding hydrogens is 428 g/mol. The van der Waals surface area contributed by atoms with Crippen LogP contribution in [0.4, 0.5) is 0 Å². The smallest absolute Gasteiger partial charge is 0.338 e. The number of carbonyl (C=O) groups excluding carboxylic acids is 3. The number of ketones is 2. The third-order valence-corrected chi connectivity index (χ3v) is 7.95. The second kappa shape index (κ2) is 8.77. The summed E-state index contributed by atoms with van der Waals surface area (Å²) < 4.78 is 11.4. The summed E-state index contributed by atoms with van der Waals surface area (Å²) in [6, 6.07) is 11.7. The summed E-state index contributed by atoms with van der Waals surface area (Å²) in [7, 11) is 0. The van der Waals surface area contributed by atoms with E-state index >= 15 is 0 Å². The monoisotopic (exact) mass is 460 g/mol. The number of fused-ring (bicyclic) bond motifs is 5. The van der Waals surface area contributed by atoms with E-state index < -0.39 is 11.8 Å². The lowest BCUT2D eigenvalue weighted by Crippen LogP contribution is -2.34. The van der Waals surface area contributed by atoms with Crippen molar-refractivity contribution in [2.24, 2.45) is 11.8 Å². The van der Waals surface area contributed by atoms with Gasteiger partial charge >= 0.3 is 5.97 Å². The zero-order valence-corrected chi connectivity index (χ0v) is 20.3. The first-order chi connectivity index (χ1) is 16.4. The van der Waals surface area contributed by atoms with E-state index in [1.165, 1.54) is 5.56 Å². The van der Waals surface area contributed by atoms with Crippen molar-refractivity contribution in [1.82, 2.24) is 0 Å². The molecule has 6 atom stereocenters. The fourth-order valence-corrected chi connectivity index (χ4v) is 6.59. The summed E-state index contributed by atoms with van der Waals surface area (Å²) in [5, 5.41) is 0. The highest BCUT2D eigenvalue weighted by atomic mass is 16.5. The van der Waals surface area contributed by atoms with Gasteiger partial charge in [-0.2, -0.15) is 0 Å². The summed E-state index contributed by atoms with van der Waals surface area (Å²) >= 11 is 0. The Hall–Kier alpha value is -2.79. The Balaban J connectivity index is 1.48. The molecule has 2 aromatic rings. The van der Waals surface area contributed by atoms with E-state index in [-0.39, 0.29) is 41.6 Å². The number of hydrogen-bond acceptors (Lipinski definition) is 5. The van der Waals surface area contributed by atoms with Crippen molar-refractivity contribution < 1.29 is 23.9 Å². The van der Waals surface area contributed by atoms with Crippen LogP contribution < -0.4 is 0 Å². The van der Waals surface area contributed by atoms with Gasteiger partial charge in [0.1, 0.15) is 5.92 Å². The number of rotatable bonds is 6. The highest BCUT2D eigenvalue weighted by molar-refractivity contribution is 6.17. The minimum absolute atomic E-state index is 0.00886. The van der Waals surface area contributed by atoms with E-state index in [4.69, 9.17) is 9.47 Å². The van der Waals surface area contributed by atoms with Gasteiger partial charge in [0.2, 0.25) is 0 Å².